The third kappa shape index (κ3) is 7.43. The lowest BCUT2D eigenvalue weighted by atomic mass is 10.2. The van der Waals surface area contributed by atoms with Gasteiger partial charge in [0.1, 0.15) is 5.76 Å². The second-order valence-electron chi connectivity index (χ2n) is 6.16. The number of aliphatic imine (C=N–C) groups is 1. The highest BCUT2D eigenvalue weighted by Crippen LogP contribution is 2.25. The van der Waals surface area contributed by atoms with Crippen molar-refractivity contribution in [1.82, 2.24) is 15.5 Å². The zero-order chi connectivity index (χ0) is 18.1. The second kappa shape index (κ2) is 11.8. The minimum Gasteiger partial charge on any atom is -0.468 e. The number of nitrogens with one attached hydrogen (secondary N) is 2. The highest BCUT2D eigenvalue weighted by molar-refractivity contribution is 14.0. The van der Waals surface area contributed by atoms with E-state index in [4.69, 9.17) is 4.42 Å². The average Bonchev–Trinajstić information content (AvgIpc) is 3.29. The topological polar surface area (TPSA) is 86.9 Å². The van der Waals surface area contributed by atoms with E-state index in [1.54, 1.807) is 13.2 Å². The van der Waals surface area contributed by atoms with Gasteiger partial charge in [-0.2, -0.15) is 0 Å². The molecule has 1 aromatic rings. The van der Waals surface area contributed by atoms with Crippen LogP contribution in [0.3, 0.4) is 0 Å². The van der Waals surface area contributed by atoms with Gasteiger partial charge in [-0.1, -0.05) is 6.92 Å². The van der Waals surface area contributed by atoms with E-state index in [1.165, 1.54) is 12.8 Å². The molecule has 7 nitrogen and oxygen atoms in total. The van der Waals surface area contributed by atoms with Crippen molar-refractivity contribution >= 4 is 39.8 Å². The molecule has 1 unspecified atom stereocenters. The van der Waals surface area contributed by atoms with Crippen LogP contribution in [0, 0.1) is 0 Å². The molecule has 0 spiro atoms. The molecule has 0 saturated carbocycles. The number of nitrogens with zero attached hydrogens (tertiary/aromatic N) is 2. The maximum Gasteiger partial charge on any atom is 0.191 e. The van der Waals surface area contributed by atoms with Gasteiger partial charge in [0.15, 0.2) is 15.8 Å². The zero-order valence-electron chi connectivity index (χ0n) is 15.6. The van der Waals surface area contributed by atoms with Crippen molar-refractivity contribution < 1.29 is 12.8 Å². The van der Waals surface area contributed by atoms with Gasteiger partial charge in [-0.3, -0.25) is 9.89 Å². The molecule has 2 N–H and O–H groups in total. The smallest absolute Gasteiger partial charge is 0.191 e. The molecular formula is C17H31IN4O3S. The Morgan fingerprint density at radius 2 is 2.04 bits per heavy atom. The summed E-state index contributed by atoms with van der Waals surface area (Å²) in [6.07, 6.45) is 4.10. The summed E-state index contributed by atoms with van der Waals surface area (Å²) in [4.78, 5) is 7.05. The Morgan fingerprint density at radius 1 is 1.31 bits per heavy atom. The molecule has 1 aliphatic heterocycles. The fourth-order valence-electron chi connectivity index (χ4n) is 2.91. The first-order chi connectivity index (χ1) is 12.1. The Balaban J connectivity index is 0.00000338. The van der Waals surface area contributed by atoms with E-state index in [1.807, 2.05) is 19.1 Å². The lowest BCUT2D eigenvalue weighted by molar-refractivity contribution is 0.221. The van der Waals surface area contributed by atoms with Gasteiger partial charge in [0.25, 0.3) is 0 Å². The quantitative estimate of drug-likeness (QED) is 0.308. The Hall–Kier alpha value is -0.810. The van der Waals surface area contributed by atoms with Gasteiger partial charge in [0.2, 0.25) is 0 Å². The molecule has 0 radical (unpaired) electrons. The first kappa shape index (κ1) is 23.2. The maximum atomic E-state index is 11.6. The first-order valence-electron chi connectivity index (χ1n) is 9.05. The van der Waals surface area contributed by atoms with E-state index in [9.17, 15) is 8.42 Å². The third-order valence-electron chi connectivity index (χ3n) is 4.36. The van der Waals surface area contributed by atoms with Gasteiger partial charge in [-0.25, -0.2) is 8.42 Å². The molecule has 0 aliphatic carbocycles. The first-order valence-corrected chi connectivity index (χ1v) is 10.9. The standard InChI is InChI=1S/C17H30N4O3S.HI/c1-3-18-17(19-9-13-25(22,23)4-2)20-14-15(16-8-7-12-24-16)21-10-5-6-11-21;/h7-8,12,15H,3-6,9-11,13-14H2,1-2H3,(H2,18,19,20);1H. The van der Waals surface area contributed by atoms with Crippen LogP contribution in [-0.2, 0) is 9.84 Å². The molecule has 0 amide bonds. The molecule has 2 heterocycles. The molecule has 1 aliphatic rings. The molecule has 26 heavy (non-hydrogen) atoms. The second-order valence-corrected chi connectivity index (χ2v) is 8.63. The maximum absolute atomic E-state index is 11.6. The van der Waals surface area contributed by atoms with E-state index in [0.29, 0.717) is 19.0 Å². The van der Waals surface area contributed by atoms with Gasteiger partial charge >= 0.3 is 0 Å². The van der Waals surface area contributed by atoms with Gasteiger partial charge < -0.3 is 15.1 Å². The van der Waals surface area contributed by atoms with Crippen LogP contribution in [0.25, 0.3) is 0 Å². The highest BCUT2D eigenvalue weighted by Gasteiger charge is 2.25. The molecule has 150 valence electrons. The van der Waals surface area contributed by atoms with Crippen LogP contribution in [0.1, 0.15) is 38.5 Å². The number of rotatable bonds is 9. The van der Waals surface area contributed by atoms with Crippen molar-refractivity contribution in [2.45, 2.75) is 32.7 Å². The Bertz CT molecular complexity index is 628. The third-order valence-corrected chi connectivity index (χ3v) is 6.07. The largest absolute Gasteiger partial charge is 0.468 e. The SMILES string of the molecule is CCNC(=NCC(c1ccco1)N1CCCC1)NCCS(=O)(=O)CC.I. The lowest BCUT2D eigenvalue weighted by Crippen LogP contribution is -2.40. The molecule has 0 bridgehead atoms. The molecule has 1 aromatic heterocycles. The summed E-state index contributed by atoms with van der Waals surface area (Å²) >= 11 is 0. The number of sulfone groups is 1. The van der Waals surface area contributed by atoms with Crippen molar-refractivity contribution in [2.75, 3.05) is 44.2 Å². The number of hydrogen-bond acceptors (Lipinski definition) is 5. The van der Waals surface area contributed by atoms with Crippen LogP contribution in [0.4, 0.5) is 0 Å². The summed E-state index contributed by atoms with van der Waals surface area (Å²) in [7, 11) is -2.98. The van der Waals surface area contributed by atoms with E-state index >= 15 is 0 Å². The number of furan rings is 1. The van der Waals surface area contributed by atoms with Gasteiger partial charge in [0.05, 0.1) is 24.6 Å². The molecule has 1 atom stereocenters. The van der Waals surface area contributed by atoms with Crippen LogP contribution in [0.15, 0.2) is 27.8 Å². The summed E-state index contributed by atoms with van der Waals surface area (Å²) in [6, 6.07) is 4.01. The highest BCUT2D eigenvalue weighted by atomic mass is 127. The summed E-state index contributed by atoms with van der Waals surface area (Å²) in [6.45, 7) is 7.42. The monoisotopic (exact) mass is 498 g/mol. The van der Waals surface area contributed by atoms with Crippen LogP contribution in [-0.4, -0.2) is 63.5 Å². The van der Waals surface area contributed by atoms with Gasteiger partial charge in [-0.15, -0.1) is 24.0 Å². The predicted molar refractivity (Wildman–Crippen MR) is 116 cm³/mol. The Morgan fingerprint density at radius 3 is 2.62 bits per heavy atom. The van der Waals surface area contributed by atoms with Crippen molar-refractivity contribution in [1.29, 1.82) is 0 Å². The molecule has 2 rings (SSSR count). The summed E-state index contributed by atoms with van der Waals surface area (Å²) in [5, 5.41) is 6.29. The zero-order valence-corrected chi connectivity index (χ0v) is 18.8. The van der Waals surface area contributed by atoms with E-state index in [0.717, 1.165) is 25.4 Å². The number of guanidine groups is 1. The number of likely N-dealkylation sites (tertiary alicyclic amines) is 1. The minimum absolute atomic E-state index is 0. The van der Waals surface area contributed by atoms with Crippen LogP contribution in [0.2, 0.25) is 0 Å². The van der Waals surface area contributed by atoms with E-state index < -0.39 is 9.84 Å². The predicted octanol–water partition coefficient (Wildman–Crippen LogP) is 2.02. The minimum atomic E-state index is -2.98. The fourth-order valence-corrected chi connectivity index (χ4v) is 3.61. The molecule has 1 fully saturated rings. The summed E-state index contributed by atoms with van der Waals surface area (Å²) in [5.74, 6) is 1.85. The number of hydrogen-bond donors (Lipinski definition) is 2. The van der Waals surface area contributed by atoms with Gasteiger partial charge in [-0.05, 0) is 45.0 Å². The van der Waals surface area contributed by atoms with Crippen LogP contribution in [0.5, 0.6) is 0 Å². The molecule has 9 heteroatoms. The van der Waals surface area contributed by atoms with Crippen molar-refractivity contribution in [3.05, 3.63) is 24.2 Å². The van der Waals surface area contributed by atoms with Crippen LogP contribution < -0.4 is 10.6 Å². The molecule has 0 aromatic carbocycles. The van der Waals surface area contributed by atoms with Crippen LogP contribution >= 0.6 is 24.0 Å². The summed E-state index contributed by atoms with van der Waals surface area (Å²) < 4.78 is 28.8. The lowest BCUT2D eigenvalue weighted by Gasteiger charge is -2.24. The fraction of sp³-hybridized carbons (Fsp3) is 0.706. The van der Waals surface area contributed by atoms with Crippen molar-refractivity contribution in [2.24, 2.45) is 4.99 Å². The van der Waals surface area contributed by atoms with E-state index in [-0.39, 0.29) is 41.5 Å². The van der Waals surface area contributed by atoms with Crippen molar-refractivity contribution in [3.8, 4) is 0 Å². The summed E-state index contributed by atoms with van der Waals surface area (Å²) in [5.41, 5.74) is 0. The number of halogens is 1. The normalized spacial score (nSPS) is 16.9. The van der Waals surface area contributed by atoms with Gasteiger partial charge in [0, 0.05) is 18.8 Å². The van der Waals surface area contributed by atoms with Crippen molar-refractivity contribution in [3.63, 3.8) is 0 Å². The molecular weight excluding hydrogens is 467 g/mol. The Kier molecular flexibility index (Phi) is 10.6. The Labute approximate surface area is 173 Å². The average molecular weight is 498 g/mol. The van der Waals surface area contributed by atoms with E-state index in [2.05, 4.69) is 20.5 Å². The molecule has 1 saturated heterocycles.